The summed E-state index contributed by atoms with van der Waals surface area (Å²) in [4.78, 5) is 0. The van der Waals surface area contributed by atoms with E-state index in [1.165, 1.54) is 0 Å². The van der Waals surface area contributed by atoms with Crippen LogP contribution in [-0.4, -0.2) is 6.61 Å². The van der Waals surface area contributed by atoms with Gasteiger partial charge in [0.25, 0.3) is 0 Å². The lowest BCUT2D eigenvalue weighted by Gasteiger charge is -2.13. The van der Waals surface area contributed by atoms with E-state index in [1.807, 2.05) is 0 Å². The molecule has 0 aliphatic heterocycles. The first-order valence-electron chi connectivity index (χ1n) is 4.35. The molecular formula is C10H10F4O. The first-order valence-corrected chi connectivity index (χ1v) is 4.35. The molecule has 0 aromatic heterocycles. The van der Waals surface area contributed by atoms with Gasteiger partial charge in [0.1, 0.15) is 5.75 Å². The summed E-state index contributed by atoms with van der Waals surface area (Å²) in [6.45, 7) is 0.295. The highest BCUT2D eigenvalue weighted by molar-refractivity contribution is 5.37. The fraction of sp³-hybridized carbons (Fsp3) is 0.400. The molecular weight excluding hydrogens is 212 g/mol. The van der Waals surface area contributed by atoms with Crippen LogP contribution in [0.25, 0.3) is 0 Å². The molecule has 0 bridgehead atoms. The lowest BCUT2D eigenvalue weighted by molar-refractivity contribution is -0.0507. The molecule has 0 N–H and O–H groups in total. The van der Waals surface area contributed by atoms with Gasteiger partial charge in [0.05, 0.1) is 0 Å². The van der Waals surface area contributed by atoms with Crippen LogP contribution in [0.15, 0.2) is 12.1 Å². The molecule has 0 aliphatic rings. The molecule has 0 fully saturated rings. The Labute approximate surface area is 84.7 Å². The fourth-order valence-corrected chi connectivity index (χ4v) is 1.19. The second kappa shape index (κ2) is 4.51. The van der Waals surface area contributed by atoms with Crippen molar-refractivity contribution in [1.82, 2.24) is 0 Å². The Hall–Kier alpha value is -1.26. The smallest absolute Gasteiger partial charge is 0.387 e. The van der Waals surface area contributed by atoms with E-state index in [9.17, 15) is 17.6 Å². The van der Waals surface area contributed by atoms with Crippen LogP contribution in [0.1, 0.15) is 25.3 Å². The van der Waals surface area contributed by atoms with Gasteiger partial charge >= 0.3 is 6.61 Å². The minimum atomic E-state index is -3.05. The highest BCUT2D eigenvalue weighted by Crippen LogP contribution is 2.29. The van der Waals surface area contributed by atoms with Gasteiger partial charge in [0.2, 0.25) is 0 Å². The van der Waals surface area contributed by atoms with E-state index in [0.717, 1.165) is 6.07 Å². The van der Waals surface area contributed by atoms with Crippen LogP contribution in [0, 0.1) is 11.6 Å². The summed E-state index contributed by atoms with van der Waals surface area (Å²) in [7, 11) is 0. The van der Waals surface area contributed by atoms with Crippen molar-refractivity contribution in [2.45, 2.75) is 26.4 Å². The van der Waals surface area contributed by atoms with Crippen LogP contribution in [-0.2, 0) is 0 Å². The summed E-state index contributed by atoms with van der Waals surface area (Å²) >= 11 is 0. The van der Waals surface area contributed by atoms with E-state index < -0.39 is 18.2 Å². The van der Waals surface area contributed by atoms with Gasteiger partial charge in [0, 0.05) is 11.6 Å². The van der Waals surface area contributed by atoms with Gasteiger partial charge in [-0.1, -0.05) is 13.8 Å². The molecule has 0 heterocycles. The zero-order valence-corrected chi connectivity index (χ0v) is 8.23. The highest BCUT2D eigenvalue weighted by Gasteiger charge is 2.16. The quantitative estimate of drug-likeness (QED) is 0.708. The highest BCUT2D eigenvalue weighted by atomic mass is 19.3. The van der Waals surface area contributed by atoms with Crippen LogP contribution in [0.4, 0.5) is 17.6 Å². The van der Waals surface area contributed by atoms with Crippen LogP contribution in [0.5, 0.6) is 5.75 Å². The maximum atomic E-state index is 12.8. The molecule has 0 amide bonds. The lowest BCUT2D eigenvalue weighted by Crippen LogP contribution is -2.06. The third-order valence-electron chi connectivity index (χ3n) is 1.89. The van der Waals surface area contributed by atoms with Crippen molar-refractivity contribution in [2.24, 2.45) is 0 Å². The molecule has 0 saturated heterocycles. The van der Waals surface area contributed by atoms with Crippen LogP contribution >= 0.6 is 0 Å². The number of benzene rings is 1. The number of alkyl halides is 2. The van der Waals surface area contributed by atoms with E-state index in [2.05, 4.69) is 4.74 Å². The van der Waals surface area contributed by atoms with Crippen molar-refractivity contribution in [3.63, 3.8) is 0 Å². The predicted molar refractivity (Wildman–Crippen MR) is 47.1 cm³/mol. The molecule has 0 unspecified atom stereocenters. The topological polar surface area (TPSA) is 9.23 Å². The van der Waals surface area contributed by atoms with Gasteiger partial charge in [-0.25, -0.2) is 8.78 Å². The molecule has 15 heavy (non-hydrogen) atoms. The van der Waals surface area contributed by atoms with E-state index in [1.54, 1.807) is 13.8 Å². The third kappa shape index (κ3) is 2.84. The molecule has 0 atom stereocenters. The molecule has 0 spiro atoms. The lowest BCUT2D eigenvalue weighted by atomic mass is 10.0. The Morgan fingerprint density at radius 1 is 1.07 bits per heavy atom. The Bertz CT molecular complexity index is 350. The Kier molecular flexibility index (Phi) is 3.55. The zero-order valence-electron chi connectivity index (χ0n) is 8.23. The molecule has 1 aromatic rings. The summed E-state index contributed by atoms with van der Waals surface area (Å²) in [6, 6.07) is 1.51. The van der Waals surface area contributed by atoms with E-state index >= 15 is 0 Å². The monoisotopic (exact) mass is 222 g/mol. The maximum Gasteiger partial charge on any atom is 0.387 e. The van der Waals surface area contributed by atoms with Crippen molar-refractivity contribution >= 4 is 0 Å². The van der Waals surface area contributed by atoms with Crippen LogP contribution in [0.2, 0.25) is 0 Å². The molecule has 1 aromatic carbocycles. The number of hydrogen-bond donors (Lipinski definition) is 0. The fourth-order valence-electron chi connectivity index (χ4n) is 1.19. The molecule has 0 saturated carbocycles. The van der Waals surface area contributed by atoms with Crippen LogP contribution in [0.3, 0.4) is 0 Å². The van der Waals surface area contributed by atoms with Gasteiger partial charge in [-0.05, 0) is 12.0 Å². The number of hydrogen-bond acceptors (Lipinski definition) is 1. The number of halogens is 4. The normalized spacial score (nSPS) is 11.2. The minimum absolute atomic E-state index is 0.217. The molecule has 1 rings (SSSR count). The second-order valence-corrected chi connectivity index (χ2v) is 3.34. The Morgan fingerprint density at radius 3 is 2.07 bits per heavy atom. The first kappa shape index (κ1) is 11.8. The van der Waals surface area contributed by atoms with Crippen molar-refractivity contribution in [1.29, 1.82) is 0 Å². The molecule has 0 radical (unpaired) electrons. The molecule has 84 valence electrons. The van der Waals surface area contributed by atoms with E-state index in [0.29, 0.717) is 6.07 Å². The number of ether oxygens (including phenoxy) is 1. The summed E-state index contributed by atoms with van der Waals surface area (Å²) in [6.07, 6.45) is 0. The van der Waals surface area contributed by atoms with E-state index in [-0.39, 0.29) is 17.2 Å². The summed E-state index contributed by atoms with van der Waals surface area (Å²) in [5.74, 6) is -2.82. The zero-order chi connectivity index (χ0) is 11.6. The first-order chi connectivity index (χ1) is 6.91. The largest absolute Gasteiger partial charge is 0.434 e. The van der Waals surface area contributed by atoms with Gasteiger partial charge < -0.3 is 4.74 Å². The molecule has 5 heteroatoms. The SMILES string of the molecule is CC(C)c1cc(F)c(F)cc1OC(F)F. The van der Waals surface area contributed by atoms with Crippen molar-refractivity contribution in [3.8, 4) is 5.75 Å². The molecule has 1 nitrogen and oxygen atoms in total. The summed E-state index contributed by atoms with van der Waals surface area (Å²) in [5, 5.41) is 0. The van der Waals surface area contributed by atoms with Crippen molar-refractivity contribution < 1.29 is 22.3 Å². The van der Waals surface area contributed by atoms with E-state index in [4.69, 9.17) is 0 Å². The van der Waals surface area contributed by atoms with Gasteiger partial charge in [-0.15, -0.1) is 0 Å². The number of rotatable bonds is 3. The summed E-state index contributed by atoms with van der Waals surface area (Å²) in [5.41, 5.74) is 0.217. The van der Waals surface area contributed by atoms with Crippen molar-refractivity contribution in [3.05, 3.63) is 29.3 Å². The predicted octanol–water partition coefficient (Wildman–Crippen LogP) is 3.69. The third-order valence-corrected chi connectivity index (χ3v) is 1.89. The van der Waals surface area contributed by atoms with Gasteiger partial charge in [0.15, 0.2) is 11.6 Å². The Morgan fingerprint density at radius 2 is 1.60 bits per heavy atom. The standard InChI is InChI=1S/C10H10F4O/c1-5(2)6-3-7(11)8(12)4-9(6)15-10(13)14/h3-5,10H,1-2H3. The van der Waals surface area contributed by atoms with Crippen molar-refractivity contribution in [2.75, 3.05) is 0 Å². The maximum absolute atomic E-state index is 12.8. The average molecular weight is 222 g/mol. The Balaban J connectivity index is 3.16. The minimum Gasteiger partial charge on any atom is -0.434 e. The summed E-state index contributed by atoms with van der Waals surface area (Å²) < 4.78 is 53.6. The second-order valence-electron chi connectivity index (χ2n) is 3.34. The van der Waals surface area contributed by atoms with Gasteiger partial charge in [-0.2, -0.15) is 8.78 Å². The molecule has 0 aliphatic carbocycles. The van der Waals surface area contributed by atoms with Gasteiger partial charge in [-0.3, -0.25) is 0 Å². The van der Waals surface area contributed by atoms with Crippen LogP contribution < -0.4 is 4.74 Å². The average Bonchev–Trinajstić information content (AvgIpc) is 2.09.